The molecule has 0 aliphatic heterocycles. The van der Waals surface area contributed by atoms with Gasteiger partial charge >= 0.3 is 0 Å². The van der Waals surface area contributed by atoms with E-state index in [0.29, 0.717) is 11.4 Å². The molecule has 7 nitrogen and oxygen atoms in total. The number of aromatic nitrogens is 2. The molecule has 0 spiro atoms. The molecule has 0 bridgehead atoms. The minimum Gasteiger partial charge on any atom is -0.324 e. The Balaban J connectivity index is 2.21. The van der Waals surface area contributed by atoms with Crippen LogP contribution < -0.4 is 16.0 Å². The molecule has 4 N–H and O–H groups in total. The van der Waals surface area contributed by atoms with E-state index in [1.54, 1.807) is 23.0 Å². The van der Waals surface area contributed by atoms with Crippen molar-refractivity contribution in [1.29, 1.82) is 0 Å². The van der Waals surface area contributed by atoms with Crippen LogP contribution in [-0.4, -0.2) is 18.2 Å². The number of sulfonamides is 1. The SMILES string of the molecule is CC(C)n1cc(NS(=O)(=O)c2ccc(NN)cc2)cn1. The molecule has 0 saturated carbocycles. The van der Waals surface area contributed by atoms with Crippen molar-refractivity contribution in [3.05, 3.63) is 36.7 Å². The van der Waals surface area contributed by atoms with Crippen LogP contribution in [0.2, 0.25) is 0 Å². The monoisotopic (exact) mass is 295 g/mol. The van der Waals surface area contributed by atoms with E-state index in [0.717, 1.165) is 0 Å². The highest BCUT2D eigenvalue weighted by Gasteiger charge is 2.15. The van der Waals surface area contributed by atoms with Gasteiger partial charge in [0.15, 0.2) is 0 Å². The van der Waals surface area contributed by atoms with Crippen molar-refractivity contribution >= 4 is 21.4 Å². The number of nitrogens with one attached hydrogen (secondary N) is 2. The number of nitrogens with zero attached hydrogens (tertiary/aromatic N) is 2. The van der Waals surface area contributed by atoms with Crippen LogP contribution in [0.25, 0.3) is 0 Å². The number of rotatable bonds is 5. The van der Waals surface area contributed by atoms with Gasteiger partial charge in [0.25, 0.3) is 10.0 Å². The largest absolute Gasteiger partial charge is 0.324 e. The molecule has 0 atom stereocenters. The van der Waals surface area contributed by atoms with Gasteiger partial charge in [0, 0.05) is 17.9 Å². The summed E-state index contributed by atoms with van der Waals surface area (Å²) >= 11 is 0. The molecule has 0 radical (unpaired) electrons. The molecular weight excluding hydrogens is 278 g/mol. The molecule has 0 saturated heterocycles. The van der Waals surface area contributed by atoms with E-state index < -0.39 is 10.0 Å². The zero-order valence-electron chi connectivity index (χ0n) is 11.2. The Bertz CT molecular complexity index is 676. The van der Waals surface area contributed by atoms with Gasteiger partial charge in [0.1, 0.15) is 0 Å². The molecule has 2 aromatic rings. The highest BCUT2D eigenvalue weighted by Crippen LogP contribution is 2.18. The molecular formula is C12H17N5O2S. The summed E-state index contributed by atoms with van der Waals surface area (Å²) in [6.07, 6.45) is 3.13. The first-order valence-corrected chi connectivity index (χ1v) is 7.54. The zero-order valence-corrected chi connectivity index (χ0v) is 12.1. The summed E-state index contributed by atoms with van der Waals surface area (Å²) in [6.45, 7) is 3.92. The fourth-order valence-corrected chi connectivity index (χ4v) is 2.65. The summed E-state index contributed by atoms with van der Waals surface area (Å²) in [5, 5.41) is 4.08. The van der Waals surface area contributed by atoms with E-state index in [2.05, 4.69) is 15.2 Å². The van der Waals surface area contributed by atoms with Crippen LogP contribution in [0.4, 0.5) is 11.4 Å². The van der Waals surface area contributed by atoms with Gasteiger partial charge in [0.2, 0.25) is 0 Å². The molecule has 0 aliphatic rings. The average molecular weight is 295 g/mol. The fraction of sp³-hybridized carbons (Fsp3) is 0.250. The van der Waals surface area contributed by atoms with Crippen LogP contribution in [0.1, 0.15) is 19.9 Å². The third kappa shape index (κ3) is 3.09. The Morgan fingerprint density at radius 1 is 1.20 bits per heavy atom. The Hall–Kier alpha value is -2.06. The van der Waals surface area contributed by atoms with Gasteiger partial charge < -0.3 is 5.43 Å². The Kier molecular flexibility index (Phi) is 3.96. The van der Waals surface area contributed by atoms with Gasteiger partial charge in [-0.25, -0.2) is 8.42 Å². The van der Waals surface area contributed by atoms with Crippen molar-refractivity contribution < 1.29 is 8.42 Å². The van der Waals surface area contributed by atoms with Crippen molar-refractivity contribution in [3.63, 3.8) is 0 Å². The lowest BCUT2D eigenvalue weighted by Gasteiger charge is -2.07. The summed E-state index contributed by atoms with van der Waals surface area (Å²) in [5.41, 5.74) is 3.51. The zero-order chi connectivity index (χ0) is 14.8. The van der Waals surface area contributed by atoms with Crippen molar-refractivity contribution in [2.45, 2.75) is 24.8 Å². The number of anilines is 2. The number of benzene rings is 1. The van der Waals surface area contributed by atoms with Crippen molar-refractivity contribution in [3.8, 4) is 0 Å². The maximum atomic E-state index is 12.2. The minimum atomic E-state index is -3.62. The summed E-state index contributed by atoms with van der Waals surface area (Å²) in [6, 6.07) is 6.30. The number of hydrazine groups is 1. The molecule has 1 aromatic carbocycles. The molecule has 8 heteroatoms. The average Bonchev–Trinajstić information content (AvgIpc) is 2.87. The maximum absolute atomic E-state index is 12.2. The van der Waals surface area contributed by atoms with Crippen molar-refractivity contribution in [2.75, 3.05) is 10.1 Å². The molecule has 0 fully saturated rings. The molecule has 0 aliphatic carbocycles. The van der Waals surface area contributed by atoms with Crippen LogP contribution in [0.3, 0.4) is 0 Å². The summed E-state index contributed by atoms with van der Waals surface area (Å²) < 4.78 is 28.5. The smallest absolute Gasteiger partial charge is 0.261 e. The van der Waals surface area contributed by atoms with Gasteiger partial charge in [-0.1, -0.05) is 0 Å². The van der Waals surface area contributed by atoms with E-state index in [1.807, 2.05) is 13.8 Å². The van der Waals surface area contributed by atoms with E-state index in [-0.39, 0.29) is 10.9 Å². The fourth-order valence-electron chi connectivity index (χ4n) is 1.62. The second-order valence-electron chi connectivity index (χ2n) is 4.58. The normalized spacial score (nSPS) is 11.6. The maximum Gasteiger partial charge on any atom is 0.261 e. The molecule has 0 unspecified atom stereocenters. The van der Waals surface area contributed by atoms with Gasteiger partial charge in [-0.2, -0.15) is 5.10 Å². The minimum absolute atomic E-state index is 0.161. The third-order valence-electron chi connectivity index (χ3n) is 2.71. The first-order valence-electron chi connectivity index (χ1n) is 6.06. The van der Waals surface area contributed by atoms with Crippen LogP contribution in [-0.2, 0) is 10.0 Å². The van der Waals surface area contributed by atoms with Gasteiger partial charge in [-0.15, -0.1) is 0 Å². The highest BCUT2D eigenvalue weighted by atomic mass is 32.2. The Morgan fingerprint density at radius 2 is 1.85 bits per heavy atom. The number of nitrogens with two attached hydrogens (primary N) is 1. The second kappa shape index (κ2) is 5.51. The highest BCUT2D eigenvalue weighted by molar-refractivity contribution is 7.92. The van der Waals surface area contributed by atoms with Gasteiger partial charge in [-0.05, 0) is 38.1 Å². The molecule has 20 heavy (non-hydrogen) atoms. The summed E-state index contributed by atoms with van der Waals surface area (Å²) in [7, 11) is -3.62. The lowest BCUT2D eigenvalue weighted by molar-refractivity contribution is 0.532. The van der Waals surface area contributed by atoms with Crippen LogP contribution in [0, 0.1) is 0 Å². The lowest BCUT2D eigenvalue weighted by atomic mass is 10.3. The molecule has 108 valence electrons. The van der Waals surface area contributed by atoms with E-state index >= 15 is 0 Å². The number of nitrogen functional groups attached to an aromatic ring is 1. The predicted molar refractivity (Wildman–Crippen MR) is 77.7 cm³/mol. The van der Waals surface area contributed by atoms with Crippen LogP contribution in [0.15, 0.2) is 41.6 Å². The van der Waals surface area contributed by atoms with E-state index in [9.17, 15) is 8.42 Å². The number of hydrogen-bond acceptors (Lipinski definition) is 5. The first-order chi connectivity index (χ1) is 9.42. The second-order valence-corrected chi connectivity index (χ2v) is 6.26. The topological polar surface area (TPSA) is 102 Å². The molecule has 1 aromatic heterocycles. The first kappa shape index (κ1) is 14.4. The van der Waals surface area contributed by atoms with Gasteiger partial charge in [0.05, 0.1) is 16.8 Å². The Morgan fingerprint density at radius 3 is 2.35 bits per heavy atom. The number of hydrogen-bond donors (Lipinski definition) is 3. The third-order valence-corrected chi connectivity index (χ3v) is 4.11. The van der Waals surface area contributed by atoms with Crippen molar-refractivity contribution in [2.24, 2.45) is 5.84 Å². The van der Waals surface area contributed by atoms with Crippen LogP contribution >= 0.6 is 0 Å². The van der Waals surface area contributed by atoms with Crippen LogP contribution in [0.5, 0.6) is 0 Å². The van der Waals surface area contributed by atoms with E-state index in [4.69, 9.17) is 5.84 Å². The summed E-state index contributed by atoms with van der Waals surface area (Å²) in [5.74, 6) is 5.24. The van der Waals surface area contributed by atoms with Crippen molar-refractivity contribution in [1.82, 2.24) is 9.78 Å². The quantitative estimate of drug-likeness (QED) is 0.574. The summed E-state index contributed by atoms with van der Waals surface area (Å²) in [4.78, 5) is 0.161. The Labute approximate surface area is 117 Å². The standard InChI is InChI=1S/C12H17N5O2S/c1-9(2)17-8-11(7-14-17)16-20(18,19)12-5-3-10(15-13)4-6-12/h3-9,15-16H,13H2,1-2H3. The lowest BCUT2D eigenvalue weighted by Crippen LogP contribution is -2.13. The molecule has 0 amide bonds. The predicted octanol–water partition coefficient (Wildman–Crippen LogP) is 1.55. The van der Waals surface area contributed by atoms with Gasteiger partial charge in [-0.3, -0.25) is 15.2 Å². The van der Waals surface area contributed by atoms with E-state index in [1.165, 1.54) is 18.3 Å². The molecule has 2 rings (SSSR count). The molecule has 1 heterocycles.